The molecular weight excluding hydrogens is 358 g/mol. The molecule has 0 saturated carbocycles. The van der Waals surface area contributed by atoms with Crippen LogP contribution in [-0.4, -0.2) is 31.8 Å². The molecule has 2 aromatic rings. The van der Waals surface area contributed by atoms with E-state index in [1.165, 1.54) is 11.8 Å². The lowest BCUT2D eigenvalue weighted by atomic mass is 10.0. The van der Waals surface area contributed by atoms with E-state index in [0.717, 1.165) is 5.56 Å². The van der Waals surface area contributed by atoms with Crippen LogP contribution in [0.1, 0.15) is 18.1 Å². The lowest BCUT2D eigenvalue weighted by Crippen LogP contribution is -2.32. The van der Waals surface area contributed by atoms with Crippen molar-refractivity contribution < 1.29 is 18.3 Å². The van der Waals surface area contributed by atoms with E-state index in [1.54, 1.807) is 55.5 Å². The Morgan fingerprint density at radius 3 is 2.28 bits per heavy atom. The number of aliphatic carboxylic acids is 1. The van der Waals surface area contributed by atoms with E-state index in [1.807, 2.05) is 13.0 Å². The number of thioether (sulfide) groups is 1. The van der Waals surface area contributed by atoms with Crippen LogP contribution in [0.3, 0.4) is 0 Å². The molecular formula is C18H21NO4S2. The largest absolute Gasteiger partial charge is 0.480 e. The Morgan fingerprint density at radius 1 is 1.12 bits per heavy atom. The highest BCUT2D eigenvalue weighted by atomic mass is 32.2. The summed E-state index contributed by atoms with van der Waals surface area (Å²) in [5.41, 5.74) is 1.66. The minimum atomic E-state index is -3.59. The van der Waals surface area contributed by atoms with Gasteiger partial charge in [0, 0.05) is 12.3 Å². The van der Waals surface area contributed by atoms with Gasteiger partial charge in [-0.05, 0) is 31.5 Å². The van der Waals surface area contributed by atoms with E-state index < -0.39 is 20.7 Å². The van der Waals surface area contributed by atoms with E-state index in [4.69, 9.17) is 0 Å². The average Bonchev–Trinajstić information content (AvgIpc) is 2.59. The van der Waals surface area contributed by atoms with Crippen molar-refractivity contribution in [2.75, 3.05) is 12.3 Å². The summed E-state index contributed by atoms with van der Waals surface area (Å²) in [6, 6.07) is 15.5. The number of carboxylic acid groups (broad SMARTS) is 1. The summed E-state index contributed by atoms with van der Waals surface area (Å²) in [5, 5.41) is 9.59. The minimum Gasteiger partial charge on any atom is -0.480 e. The number of carboxylic acids is 1. The Bertz CT molecular complexity index is 820. The molecule has 2 N–H and O–H groups in total. The summed E-state index contributed by atoms with van der Waals surface area (Å²) in [6.45, 7) is 3.66. The topological polar surface area (TPSA) is 83.5 Å². The molecule has 0 heterocycles. The fraction of sp³-hybridized carbons (Fsp3) is 0.278. The van der Waals surface area contributed by atoms with Gasteiger partial charge in [-0.25, -0.2) is 13.1 Å². The zero-order valence-electron chi connectivity index (χ0n) is 14.1. The summed E-state index contributed by atoms with van der Waals surface area (Å²) < 4.78 is 25.9. The Balaban J connectivity index is 1.99. The number of carbonyl (C=O) groups is 1. The molecule has 25 heavy (non-hydrogen) atoms. The standard InChI is InChI=1S/C18H21NO4S2/c1-14-8-10-16(11-9-14)25(22,23)19-12-13-24-18(2,17(20)21)15-6-4-3-5-7-15/h3-11,19H,12-13H2,1-2H3,(H,20,21). The Kier molecular flexibility index (Phi) is 6.26. The second-order valence-corrected chi connectivity index (χ2v) is 9.04. The van der Waals surface area contributed by atoms with Gasteiger partial charge in [0.25, 0.3) is 0 Å². The predicted octanol–water partition coefficient (Wildman–Crippen LogP) is 3.01. The summed E-state index contributed by atoms with van der Waals surface area (Å²) >= 11 is 1.20. The zero-order chi connectivity index (χ0) is 18.5. The molecule has 0 spiro atoms. The number of benzene rings is 2. The van der Waals surface area contributed by atoms with Gasteiger partial charge in [-0.3, -0.25) is 4.79 Å². The van der Waals surface area contributed by atoms with Crippen molar-refractivity contribution in [1.29, 1.82) is 0 Å². The van der Waals surface area contributed by atoms with Crippen LogP contribution >= 0.6 is 11.8 Å². The average molecular weight is 380 g/mol. The summed E-state index contributed by atoms with van der Waals surface area (Å²) in [6.07, 6.45) is 0. The van der Waals surface area contributed by atoms with Crippen LogP contribution in [-0.2, 0) is 19.6 Å². The first-order valence-electron chi connectivity index (χ1n) is 7.75. The minimum absolute atomic E-state index is 0.149. The summed E-state index contributed by atoms with van der Waals surface area (Å²) in [7, 11) is -3.59. The molecule has 0 fully saturated rings. The fourth-order valence-corrected chi connectivity index (χ4v) is 4.46. The number of hydrogen-bond acceptors (Lipinski definition) is 4. The molecule has 0 aromatic heterocycles. The second-order valence-electron chi connectivity index (χ2n) is 5.76. The van der Waals surface area contributed by atoms with Gasteiger partial charge in [-0.1, -0.05) is 48.0 Å². The maximum atomic E-state index is 12.2. The van der Waals surface area contributed by atoms with Gasteiger partial charge < -0.3 is 5.11 Å². The van der Waals surface area contributed by atoms with Crippen LogP contribution < -0.4 is 4.72 Å². The molecule has 0 amide bonds. The Hall–Kier alpha value is -1.83. The third-order valence-corrected chi connectivity index (χ3v) is 6.72. The van der Waals surface area contributed by atoms with E-state index in [-0.39, 0.29) is 11.4 Å². The fourth-order valence-electron chi connectivity index (χ4n) is 2.26. The van der Waals surface area contributed by atoms with Crippen molar-refractivity contribution in [3.63, 3.8) is 0 Å². The van der Waals surface area contributed by atoms with Crippen LogP contribution in [0.15, 0.2) is 59.5 Å². The van der Waals surface area contributed by atoms with Gasteiger partial charge in [-0.15, -0.1) is 11.8 Å². The molecule has 0 aliphatic rings. The highest BCUT2D eigenvalue weighted by Crippen LogP contribution is 2.36. The molecule has 0 aliphatic heterocycles. The molecule has 2 rings (SSSR count). The Labute approximate surface area is 152 Å². The van der Waals surface area contributed by atoms with Crippen LogP contribution in [0.2, 0.25) is 0 Å². The molecule has 5 nitrogen and oxygen atoms in total. The van der Waals surface area contributed by atoms with E-state index in [0.29, 0.717) is 11.3 Å². The number of nitrogens with one attached hydrogen (secondary N) is 1. The van der Waals surface area contributed by atoms with Gasteiger partial charge in [0.05, 0.1) is 4.90 Å². The molecule has 134 valence electrons. The first kappa shape index (κ1) is 19.5. The van der Waals surface area contributed by atoms with Crippen molar-refractivity contribution in [1.82, 2.24) is 4.72 Å². The van der Waals surface area contributed by atoms with Gasteiger partial charge in [0.1, 0.15) is 4.75 Å². The monoisotopic (exact) mass is 379 g/mol. The van der Waals surface area contributed by atoms with Crippen LogP contribution in [0, 0.1) is 6.92 Å². The predicted molar refractivity (Wildman–Crippen MR) is 100 cm³/mol. The van der Waals surface area contributed by atoms with Crippen molar-refractivity contribution in [2.45, 2.75) is 23.5 Å². The number of sulfonamides is 1. The summed E-state index contributed by atoms with van der Waals surface area (Å²) in [4.78, 5) is 11.9. The molecule has 2 aromatic carbocycles. The smallest absolute Gasteiger partial charge is 0.324 e. The lowest BCUT2D eigenvalue weighted by Gasteiger charge is -2.24. The molecule has 0 aliphatic carbocycles. The first-order valence-corrected chi connectivity index (χ1v) is 10.2. The van der Waals surface area contributed by atoms with Gasteiger partial charge in [0.2, 0.25) is 10.0 Å². The van der Waals surface area contributed by atoms with Gasteiger partial charge >= 0.3 is 5.97 Å². The SMILES string of the molecule is Cc1ccc(S(=O)(=O)NCCSC(C)(C(=O)O)c2ccccc2)cc1. The maximum absolute atomic E-state index is 12.2. The molecule has 0 radical (unpaired) electrons. The molecule has 1 atom stereocenters. The lowest BCUT2D eigenvalue weighted by molar-refractivity contribution is -0.139. The normalized spacial score (nSPS) is 14.0. The van der Waals surface area contributed by atoms with Crippen LogP contribution in [0.5, 0.6) is 0 Å². The van der Waals surface area contributed by atoms with E-state index >= 15 is 0 Å². The van der Waals surface area contributed by atoms with Crippen molar-refractivity contribution in [3.05, 3.63) is 65.7 Å². The molecule has 0 saturated heterocycles. The quantitative estimate of drug-likeness (QED) is 0.689. The van der Waals surface area contributed by atoms with E-state index in [2.05, 4.69) is 4.72 Å². The van der Waals surface area contributed by atoms with Crippen LogP contribution in [0.25, 0.3) is 0 Å². The zero-order valence-corrected chi connectivity index (χ0v) is 15.7. The van der Waals surface area contributed by atoms with Crippen LogP contribution in [0.4, 0.5) is 0 Å². The van der Waals surface area contributed by atoms with Crippen molar-refractivity contribution >= 4 is 27.8 Å². The highest BCUT2D eigenvalue weighted by molar-refractivity contribution is 8.01. The van der Waals surface area contributed by atoms with Gasteiger partial charge in [0.15, 0.2) is 0 Å². The van der Waals surface area contributed by atoms with Gasteiger partial charge in [-0.2, -0.15) is 0 Å². The number of hydrogen-bond donors (Lipinski definition) is 2. The third-order valence-electron chi connectivity index (χ3n) is 3.85. The van der Waals surface area contributed by atoms with E-state index in [9.17, 15) is 18.3 Å². The van der Waals surface area contributed by atoms with Crippen molar-refractivity contribution in [3.8, 4) is 0 Å². The molecule has 7 heteroatoms. The van der Waals surface area contributed by atoms with Crippen molar-refractivity contribution in [2.24, 2.45) is 0 Å². The Morgan fingerprint density at radius 2 is 1.72 bits per heavy atom. The third kappa shape index (κ3) is 4.84. The number of aryl methyl sites for hydroxylation is 1. The number of rotatable bonds is 8. The first-order chi connectivity index (χ1) is 11.8. The summed E-state index contributed by atoms with van der Waals surface area (Å²) in [5.74, 6) is -0.618. The highest BCUT2D eigenvalue weighted by Gasteiger charge is 2.35. The maximum Gasteiger partial charge on any atom is 0.324 e. The second kappa shape index (κ2) is 8.03. The molecule has 1 unspecified atom stereocenters. The molecule has 0 bridgehead atoms.